The lowest BCUT2D eigenvalue weighted by Crippen LogP contribution is -2.28. The van der Waals surface area contributed by atoms with Crippen LogP contribution in [0.25, 0.3) is 0 Å². The third kappa shape index (κ3) is 2.68. The highest BCUT2D eigenvalue weighted by molar-refractivity contribution is 5.81. The lowest BCUT2D eigenvalue weighted by molar-refractivity contribution is -0.123. The molecular weight excluding hydrogens is 210 g/mol. The van der Waals surface area contributed by atoms with E-state index in [4.69, 9.17) is 0 Å². The van der Waals surface area contributed by atoms with Crippen molar-refractivity contribution in [2.45, 2.75) is 40.2 Å². The minimum absolute atomic E-state index is 0.106. The van der Waals surface area contributed by atoms with Gasteiger partial charge in [-0.2, -0.15) is 0 Å². The van der Waals surface area contributed by atoms with E-state index in [1.54, 1.807) is 0 Å². The van der Waals surface area contributed by atoms with E-state index in [1.807, 2.05) is 0 Å². The summed E-state index contributed by atoms with van der Waals surface area (Å²) in [5.74, 6) is 1.04. The van der Waals surface area contributed by atoms with Gasteiger partial charge in [0.25, 0.3) is 0 Å². The molecule has 0 unspecified atom stereocenters. The first-order valence-corrected chi connectivity index (χ1v) is 6.36. The number of hydrogen-bond acceptors (Lipinski definition) is 1. The molecule has 1 fully saturated rings. The highest BCUT2D eigenvalue weighted by Crippen LogP contribution is 2.38. The Morgan fingerprint density at radius 2 is 2.00 bits per heavy atom. The van der Waals surface area contributed by atoms with Crippen LogP contribution < -0.4 is 5.32 Å². The summed E-state index contributed by atoms with van der Waals surface area (Å²) in [4.78, 5) is 11.8. The minimum Gasteiger partial charge on any atom is -0.349 e. The SMILES string of the molecule is Cc1ccc([C@H](C)NC(=O)[C@@H]2C[C@@H]2C)cc1C. The van der Waals surface area contributed by atoms with Gasteiger partial charge in [0.05, 0.1) is 6.04 Å². The molecule has 1 aromatic carbocycles. The van der Waals surface area contributed by atoms with Crippen molar-refractivity contribution in [2.75, 3.05) is 0 Å². The van der Waals surface area contributed by atoms with E-state index in [2.05, 4.69) is 51.2 Å². The van der Waals surface area contributed by atoms with Crippen molar-refractivity contribution in [3.63, 3.8) is 0 Å². The Hall–Kier alpha value is -1.31. The average molecular weight is 231 g/mol. The summed E-state index contributed by atoms with van der Waals surface area (Å²) in [6.45, 7) is 8.39. The third-order valence-corrected chi connectivity index (χ3v) is 3.84. The zero-order valence-corrected chi connectivity index (χ0v) is 11.1. The Morgan fingerprint density at radius 3 is 2.53 bits per heavy atom. The van der Waals surface area contributed by atoms with Crippen LogP contribution in [0.15, 0.2) is 18.2 Å². The van der Waals surface area contributed by atoms with Crippen molar-refractivity contribution in [2.24, 2.45) is 11.8 Å². The van der Waals surface area contributed by atoms with Gasteiger partial charge in [-0.1, -0.05) is 25.1 Å². The Bertz CT molecular complexity index is 439. The highest BCUT2D eigenvalue weighted by Gasteiger charge is 2.39. The summed E-state index contributed by atoms with van der Waals surface area (Å²) in [7, 11) is 0. The van der Waals surface area contributed by atoms with Gasteiger partial charge in [-0.15, -0.1) is 0 Å². The molecular formula is C15H21NO. The monoisotopic (exact) mass is 231 g/mol. The number of rotatable bonds is 3. The van der Waals surface area contributed by atoms with Crippen molar-refractivity contribution in [3.8, 4) is 0 Å². The Morgan fingerprint density at radius 1 is 1.35 bits per heavy atom. The van der Waals surface area contributed by atoms with Gasteiger partial charge in [0.2, 0.25) is 5.91 Å². The van der Waals surface area contributed by atoms with Crippen LogP contribution in [0, 0.1) is 25.7 Å². The number of amides is 1. The van der Waals surface area contributed by atoms with Gasteiger partial charge in [-0.25, -0.2) is 0 Å². The van der Waals surface area contributed by atoms with Crippen LogP contribution in [0.2, 0.25) is 0 Å². The van der Waals surface area contributed by atoms with Gasteiger partial charge in [0.15, 0.2) is 0 Å². The second-order valence-electron chi connectivity index (χ2n) is 5.39. The molecule has 1 aliphatic rings. The molecule has 0 bridgehead atoms. The largest absolute Gasteiger partial charge is 0.349 e. The predicted molar refractivity (Wildman–Crippen MR) is 69.7 cm³/mol. The van der Waals surface area contributed by atoms with Crippen molar-refractivity contribution in [3.05, 3.63) is 34.9 Å². The normalized spacial score (nSPS) is 24.2. The average Bonchev–Trinajstić information content (AvgIpc) is 2.99. The molecule has 2 heteroatoms. The van der Waals surface area contributed by atoms with Crippen LogP contribution in [-0.4, -0.2) is 5.91 Å². The van der Waals surface area contributed by atoms with Gasteiger partial charge in [0.1, 0.15) is 0 Å². The summed E-state index contributed by atoms with van der Waals surface area (Å²) < 4.78 is 0. The van der Waals surface area contributed by atoms with E-state index < -0.39 is 0 Å². The summed E-state index contributed by atoms with van der Waals surface area (Å²) in [6, 6.07) is 6.49. The summed E-state index contributed by atoms with van der Waals surface area (Å²) in [5.41, 5.74) is 3.77. The second-order valence-corrected chi connectivity index (χ2v) is 5.39. The Balaban J connectivity index is 2.01. The fourth-order valence-corrected chi connectivity index (χ4v) is 2.13. The van der Waals surface area contributed by atoms with Gasteiger partial charge >= 0.3 is 0 Å². The van der Waals surface area contributed by atoms with E-state index in [0.29, 0.717) is 5.92 Å². The Kier molecular flexibility index (Phi) is 3.23. The standard InChI is InChI=1S/C15H21NO/c1-9-5-6-13(7-10(9)2)12(4)16-15(17)14-8-11(14)3/h5-7,11-12,14H,8H2,1-4H3,(H,16,17)/t11-,12-,14+/m0/s1. The molecule has 92 valence electrons. The lowest BCUT2D eigenvalue weighted by atomic mass is 10.0. The zero-order valence-electron chi connectivity index (χ0n) is 11.1. The van der Waals surface area contributed by atoms with Gasteiger partial charge in [-0.3, -0.25) is 4.79 Å². The fraction of sp³-hybridized carbons (Fsp3) is 0.533. The van der Waals surface area contributed by atoms with E-state index >= 15 is 0 Å². The first kappa shape index (κ1) is 12.2. The maximum atomic E-state index is 11.8. The van der Waals surface area contributed by atoms with Crippen LogP contribution >= 0.6 is 0 Å². The van der Waals surface area contributed by atoms with Crippen LogP contribution in [0.1, 0.15) is 43.0 Å². The quantitative estimate of drug-likeness (QED) is 0.850. The molecule has 1 amide bonds. The highest BCUT2D eigenvalue weighted by atomic mass is 16.2. The number of aryl methyl sites for hydroxylation is 2. The van der Waals surface area contributed by atoms with Crippen molar-refractivity contribution in [1.82, 2.24) is 5.32 Å². The molecule has 0 spiro atoms. The molecule has 1 N–H and O–H groups in total. The van der Waals surface area contributed by atoms with Crippen LogP contribution in [0.4, 0.5) is 0 Å². The molecule has 0 heterocycles. The van der Waals surface area contributed by atoms with Crippen LogP contribution in [0.5, 0.6) is 0 Å². The molecule has 3 atom stereocenters. The van der Waals surface area contributed by atoms with E-state index in [0.717, 1.165) is 6.42 Å². The van der Waals surface area contributed by atoms with Gasteiger partial charge in [0, 0.05) is 5.92 Å². The topological polar surface area (TPSA) is 29.1 Å². The van der Waals surface area contributed by atoms with Crippen LogP contribution in [-0.2, 0) is 4.79 Å². The number of benzene rings is 1. The fourth-order valence-electron chi connectivity index (χ4n) is 2.13. The van der Waals surface area contributed by atoms with E-state index in [-0.39, 0.29) is 17.9 Å². The van der Waals surface area contributed by atoms with E-state index in [9.17, 15) is 4.79 Å². The predicted octanol–water partition coefficient (Wildman–Crippen LogP) is 3.14. The maximum Gasteiger partial charge on any atom is 0.223 e. The lowest BCUT2D eigenvalue weighted by Gasteiger charge is -2.15. The van der Waals surface area contributed by atoms with Crippen molar-refractivity contribution < 1.29 is 4.79 Å². The molecule has 1 saturated carbocycles. The second kappa shape index (κ2) is 4.52. The molecule has 2 nitrogen and oxygen atoms in total. The number of carbonyl (C=O) groups excluding carboxylic acids is 1. The summed E-state index contributed by atoms with van der Waals surface area (Å²) >= 11 is 0. The van der Waals surface area contributed by atoms with E-state index in [1.165, 1.54) is 16.7 Å². The van der Waals surface area contributed by atoms with Crippen LogP contribution in [0.3, 0.4) is 0 Å². The zero-order chi connectivity index (χ0) is 12.6. The first-order chi connectivity index (χ1) is 7.99. The molecule has 2 rings (SSSR count). The molecule has 0 radical (unpaired) electrons. The molecule has 0 aliphatic heterocycles. The first-order valence-electron chi connectivity index (χ1n) is 6.36. The molecule has 1 aliphatic carbocycles. The smallest absolute Gasteiger partial charge is 0.223 e. The summed E-state index contributed by atoms with van der Waals surface area (Å²) in [5, 5.41) is 3.10. The molecule has 0 aromatic heterocycles. The summed E-state index contributed by atoms with van der Waals surface area (Å²) in [6.07, 6.45) is 1.05. The third-order valence-electron chi connectivity index (χ3n) is 3.84. The van der Waals surface area contributed by atoms with Gasteiger partial charge in [-0.05, 0) is 49.8 Å². The number of hydrogen-bond donors (Lipinski definition) is 1. The number of carbonyl (C=O) groups is 1. The molecule has 1 aromatic rings. The van der Waals surface area contributed by atoms with Crippen molar-refractivity contribution >= 4 is 5.91 Å². The minimum atomic E-state index is 0.106. The number of nitrogens with one attached hydrogen (secondary N) is 1. The molecule has 0 saturated heterocycles. The Labute approximate surface area is 103 Å². The van der Waals surface area contributed by atoms with Gasteiger partial charge < -0.3 is 5.32 Å². The molecule has 17 heavy (non-hydrogen) atoms. The maximum absolute atomic E-state index is 11.8. The van der Waals surface area contributed by atoms with Crippen molar-refractivity contribution in [1.29, 1.82) is 0 Å².